The van der Waals surface area contributed by atoms with Gasteiger partial charge < -0.3 is 19.3 Å². The predicted octanol–water partition coefficient (Wildman–Crippen LogP) is 2.80. The normalized spacial score (nSPS) is 17.8. The zero-order chi connectivity index (χ0) is 21.8. The lowest BCUT2D eigenvalue weighted by Crippen LogP contribution is -2.31. The molecule has 1 aliphatic heterocycles. The van der Waals surface area contributed by atoms with Gasteiger partial charge in [0.2, 0.25) is 0 Å². The molecule has 0 spiro atoms. The van der Waals surface area contributed by atoms with E-state index in [1.54, 1.807) is 68.4 Å². The number of aliphatic hydroxyl groups is 1. The second-order valence-corrected chi connectivity index (χ2v) is 7.16. The van der Waals surface area contributed by atoms with Crippen LogP contribution < -0.4 is 4.74 Å². The Morgan fingerprint density at radius 1 is 1.10 bits per heavy atom. The molecule has 0 unspecified atom stereocenters. The molecule has 0 aliphatic carbocycles. The number of aryl methyl sites for hydroxylation is 1. The van der Waals surface area contributed by atoms with Crippen molar-refractivity contribution in [2.75, 3.05) is 13.7 Å². The number of aliphatic hydroxyl groups excluding tert-OH is 1. The Kier molecular flexibility index (Phi) is 5.79. The molecule has 3 heterocycles. The fourth-order valence-corrected chi connectivity index (χ4v) is 3.74. The Morgan fingerprint density at radius 3 is 2.55 bits per heavy atom. The quantitative estimate of drug-likeness (QED) is 0.360. The first kappa shape index (κ1) is 20.3. The summed E-state index contributed by atoms with van der Waals surface area (Å²) in [5, 5.41) is 11.0. The fourth-order valence-electron chi connectivity index (χ4n) is 3.74. The van der Waals surface area contributed by atoms with Crippen molar-refractivity contribution >= 4 is 17.4 Å². The van der Waals surface area contributed by atoms with E-state index in [1.807, 2.05) is 10.8 Å². The maximum absolute atomic E-state index is 13.0. The van der Waals surface area contributed by atoms with Gasteiger partial charge in [-0.1, -0.05) is 6.07 Å². The lowest BCUT2D eigenvalue weighted by Gasteiger charge is -2.25. The van der Waals surface area contributed by atoms with Crippen molar-refractivity contribution in [1.82, 2.24) is 19.4 Å². The van der Waals surface area contributed by atoms with E-state index in [9.17, 15) is 14.7 Å². The van der Waals surface area contributed by atoms with E-state index in [0.717, 1.165) is 0 Å². The predicted molar refractivity (Wildman–Crippen MR) is 113 cm³/mol. The molecule has 158 valence electrons. The van der Waals surface area contributed by atoms with E-state index >= 15 is 0 Å². The van der Waals surface area contributed by atoms with Crippen LogP contribution in [0.5, 0.6) is 5.75 Å². The van der Waals surface area contributed by atoms with Crippen molar-refractivity contribution < 1.29 is 19.4 Å². The molecule has 4 rings (SSSR count). The first-order chi connectivity index (χ1) is 15.1. The van der Waals surface area contributed by atoms with Crippen LogP contribution in [0.1, 0.15) is 23.6 Å². The summed E-state index contributed by atoms with van der Waals surface area (Å²) in [6.45, 7) is 1.00. The summed E-state index contributed by atoms with van der Waals surface area (Å²) in [4.78, 5) is 35.5. The summed E-state index contributed by atoms with van der Waals surface area (Å²) in [5.74, 6) is -0.924. The minimum absolute atomic E-state index is 0.0609. The molecular formula is C23H22N4O4. The topological polar surface area (TPSA) is 97.6 Å². The van der Waals surface area contributed by atoms with Gasteiger partial charge in [-0.05, 0) is 42.3 Å². The number of ether oxygens (including phenoxy) is 1. The minimum atomic E-state index is -0.710. The number of carbonyl (C=O) groups is 2. The maximum atomic E-state index is 13.0. The number of pyridine rings is 1. The van der Waals surface area contributed by atoms with Gasteiger partial charge in [0.1, 0.15) is 11.5 Å². The summed E-state index contributed by atoms with van der Waals surface area (Å²) >= 11 is 0. The van der Waals surface area contributed by atoms with E-state index < -0.39 is 17.7 Å². The summed E-state index contributed by atoms with van der Waals surface area (Å²) in [5.41, 5.74) is 1.16. The Morgan fingerprint density at radius 2 is 1.90 bits per heavy atom. The smallest absolute Gasteiger partial charge is 0.295 e. The molecular weight excluding hydrogens is 396 g/mol. The van der Waals surface area contributed by atoms with E-state index in [0.29, 0.717) is 36.4 Å². The van der Waals surface area contributed by atoms with Gasteiger partial charge in [-0.3, -0.25) is 14.6 Å². The molecule has 1 aliphatic rings. The maximum Gasteiger partial charge on any atom is 0.295 e. The number of hydrogen-bond acceptors (Lipinski definition) is 6. The molecule has 8 nitrogen and oxygen atoms in total. The van der Waals surface area contributed by atoms with E-state index in [2.05, 4.69) is 9.97 Å². The SMILES string of the molecule is COc1ccc(C(O)=C2C(=O)C(=O)N(CCCn3ccnc3)[C@H]2c2cccnc2)cc1. The number of nitrogens with zero attached hydrogens (tertiary/aromatic N) is 4. The van der Waals surface area contributed by atoms with Crippen LogP contribution in [0.2, 0.25) is 0 Å². The van der Waals surface area contributed by atoms with Crippen LogP contribution in [0.15, 0.2) is 73.1 Å². The van der Waals surface area contributed by atoms with Crippen molar-refractivity contribution in [3.05, 3.63) is 84.2 Å². The number of rotatable bonds is 7. The lowest BCUT2D eigenvalue weighted by atomic mass is 9.96. The number of likely N-dealkylation sites (tertiary alicyclic amines) is 1. The van der Waals surface area contributed by atoms with Crippen molar-refractivity contribution in [1.29, 1.82) is 0 Å². The van der Waals surface area contributed by atoms with Gasteiger partial charge in [0.15, 0.2) is 0 Å². The number of hydrogen-bond donors (Lipinski definition) is 1. The van der Waals surface area contributed by atoms with Crippen LogP contribution in [0.25, 0.3) is 5.76 Å². The van der Waals surface area contributed by atoms with Crippen LogP contribution in [0.4, 0.5) is 0 Å². The van der Waals surface area contributed by atoms with Gasteiger partial charge in [-0.25, -0.2) is 4.98 Å². The van der Waals surface area contributed by atoms with Crippen molar-refractivity contribution in [2.45, 2.75) is 19.0 Å². The third-order valence-electron chi connectivity index (χ3n) is 5.28. The van der Waals surface area contributed by atoms with Crippen LogP contribution >= 0.6 is 0 Å². The molecule has 0 radical (unpaired) electrons. The average Bonchev–Trinajstić information content (AvgIpc) is 3.41. The van der Waals surface area contributed by atoms with E-state index in [4.69, 9.17) is 4.74 Å². The van der Waals surface area contributed by atoms with Gasteiger partial charge in [-0.2, -0.15) is 0 Å². The molecule has 1 aromatic carbocycles. The highest BCUT2D eigenvalue weighted by Crippen LogP contribution is 2.39. The van der Waals surface area contributed by atoms with Crippen molar-refractivity contribution in [3.63, 3.8) is 0 Å². The fraction of sp³-hybridized carbons (Fsp3) is 0.217. The highest BCUT2D eigenvalue weighted by Gasteiger charge is 2.45. The van der Waals surface area contributed by atoms with Crippen LogP contribution in [-0.4, -0.2) is 49.9 Å². The Bertz CT molecular complexity index is 1090. The lowest BCUT2D eigenvalue weighted by molar-refractivity contribution is -0.139. The van der Waals surface area contributed by atoms with Crippen LogP contribution in [-0.2, 0) is 16.1 Å². The molecule has 1 N–H and O–H groups in total. The van der Waals surface area contributed by atoms with Crippen molar-refractivity contribution in [3.8, 4) is 5.75 Å². The second-order valence-electron chi connectivity index (χ2n) is 7.16. The summed E-state index contributed by atoms with van der Waals surface area (Å²) in [6.07, 6.45) is 9.10. The summed E-state index contributed by atoms with van der Waals surface area (Å²) in [7, 11) is 1.55. The summed E-state index contributed by atoms with van der Waals surface area (Å²) in [6, 6.07) is 9.52. The zero-order valence-electron chi connectivity index (χ0n) is 17.0. The number of amides is 1. The number of methoxy groups -OCH3 is 1. The molecule has 3 aromatic rings. The second kappa shape index (κ2) is 8.83. The highest BCUT2D eigenvalue weighted by molar-refractivity contribution is 6.46. The molecule has 8 heteroatoms. The largest absolute Gasteiger partial charge is 0.507 e. The minimum Gasteiger partial charge on any atom is -0.507 e. The zero-order valence-corrected chi connectivity index (χ0v) is 17.0. The Hall–Kier alpha value is -3.94. The number of Topliss-reactive ketones (excluding diaryl/α,β-unsaturated/α-hetero) is 1. The average molecular weight is 418 g/mol. The molecule has 1 atom stereocenters. The summed E-state index contributed by atoms with van der Waals surface area (Å²) < 4.78 is 7.06. The first-order valence-electron chi connectivity index (χ1n) is 9.88. The van der Waals surface area contributed by atoms with Crippen molar-refractivity contribution in [2.24, 2.45) is 0 Å². The standard InChI is InChI=1S/C23H22N4O4/c1-31-18-7-5-16(6-8-18)21(28)19-20(17-4-2-9-24-14-17)27(23(30)22(19)29)12-3-11-26-13-10-25-15-26/h2,4-10,13-15,20,28H,3,11-12H2,1H3/t20-/m0/s1. The van der Waals surface area contributed by atoms with Crippen LogP contribution in [0, 0.1) is 0 Å². The van der Waals surface area contributed by atoms with Crippen LogP contribution in [0.3, 0.4) is 0 Å². The molecule has 31 heavy (non-hydrogen) atoms. The first-order valence-corrected chi connectivity index (χ1v) is 9.88. The molecule has 0 bridgehead atoms. The van der Waals surface area contributed by atoms with E-state index in [-0.39, 0.29) is 11.3 Å². The molecule has 1 amide bonds. The van der Waals surface area contributed by atoms with Gasteiger partial charge in [0, 0.05) is 43.4 Å². The molecule has 1 saturated heterocycles. The highest BCUT2D eigenvalue weighted by atomic mass is 16.5. The van der Waals surface area contributed by atoms with Gasteiger partial charge in [0.05, 0.1) is 25.1 Å². The van der Waals surface area contributed by atoms with Gasteiger partial charge >= 0.3 is 0 Å². The third kappa shape index (κ3) is 4.05. The Balaban J connectivity index is 1.70. The molecule has 2 aromatic heterocycles. The number of benzene rings is 1. The van der Waals surface area contributed by atoms with Gasteiger partial charge in [-0.15, -0.1) is 0 Å². The molecule has 1 fully saturated rings. The monoisotopic (exact) mass is 418 g/mol. The van der Waals surface area contributed by atoms with Gasteiger partial charge in [0.25, 0.3) is 11.7 Å². The number of imidazole rings is 1. The number of aromatic nitrogens is 3. The molecule has 0 saturated carbocycles. The number of ketones is 1. The Labute approximate surface area is 179 Å². The third-order valence-corrected chi connectivity index (χ3v) is 5.28. The van der Waals surface area contributed by atoms with E-state index in [1.165, 1.54) is 4.90 Å². The number of carbonyl (C=O) groups excluding carboxylic acids is 2.